The smallest absolute Gasteiger partial charge is 0.318 e. The van der Waals surface area contributed by atoms with Gasteiger partial charge >= 0.3 is 5.97 Å². The molecule has 1 atom stereocenters. The Morgan fingerprint density at radius 1 is 0.750 bits per heavy atom. The zero-order chi connectivity index (χ0) is 17.9. The van der Waals surface area contributed by atoms with Crippen molar-refractivity contribution < 1.29 is 9.53 Å². The molecular formula is C20H38I2O2. The minimum atomic E-state index is -0.0388. The Balaban J connectivity index is 3.14. The predicted octanol–water partition coefficient (Wildman–Crippen LogP) is 7.64. The highest BCUT2D eigenvalue weighted by atomic mass is 127. The van der Waals surface area contributed by atoms with Crippen molar-refractivity contribution in [2.24, 2.45) is 0 Å². The van der Waals surface area contributed by atoms with Crippen LogP contribution in [0.25, 0.3) is 0 Å². The number of unbranched alkanes of at least 4 members (excludes halogenated alkanes) is 13. The van der Waals surface area contributed by atoms with Gasteiger partial charge in [-0.3, -0.25) is 4.79 Å². The first-order valence-corrected chi connectivity index (χ1v) is 12.9. The number of esters is 1. The lowest BCUT2D eigenvalue weighted by Crippen LogP contribution is -2.16. The molecule has 0 aromatic rings. The van der Waals surface area contributed by atoms with Crippen molar-refractivity contribution in [2.75, 3.05) is 11.0 Å². The van der Waals surface area contributed by atoms with Gasteiger partial charge in [-0.05, 0) is 24.2 Å². The monoisotopic (exact) mass is 564 g/mol. The number of carbonyl (C=O) groups is 1. The molecule has 24 heavy (non-hydrogen) atoms. The molecular weight excluding hydrogens is 526 g/mol. The van der Waals surface area contributed by atoms with Gasteiger partial charge in [0.2, 0.25) is 0 Å². The molecule has 0 aromatic carbocycles. The Morgan fingerprint density at radius 2 is 1.12 bits per heavy atom. The molecule has 0 bridgehead atoms. The van der Waals surface area contributed by atoms with E-state index in [4.69, 9.17) is 4.74 Å². The van der Waals surface area contributed by atoms with Gasteiger partial charge < -0.3 is 4.74 Å². The highest BCUT2D eigenvalue weighted by Crippen LogP contribution is 2.16. The van der Waals surface area contributed by atoms with Gasteiger partial charge in [0.15, 0.2) is 0 Å². The number of hydrogen-bond donors (Lipinski definition) is 0. The standard InChI is InChI=1S/C20H38I2O2/c1-2-24-20(23)19(22)17-15-13-11-9-7-5-3-4-6-8-10-12-14-16-18-21/h19H,2-18H2,1H3. The number of rotatable bonds is 18. The summed E-state index contributed by atoms with van der Waals surface area (Å²) in [5, 5.41) is 0. The molecule has 0 spiro atoms. The lowest BCUT2D eigenvalue weighted by molar-refractivity contribution is -0.142. The number of ether oxygens (including phenoxy) is 1. The molecule has 144 valence electrons. The number of halogens is 2. The van der Waals surface area contributed by atoms with Crippen LogP contribution in [-0.2, 0) is 9.53 Å². The summed E-state index contributed by atoms with van der Waals surface area (Å²) in [5.41, 5.74) is 0. The van der Waals surface area contributed by atoms with Crippen molar-refractivity contribution in [1.82, 2.24) is 0 Å². The molecule has 1 unspecified atom stereocenters. The summed E-state index contributed by atoms with van der Waals surface area (Å²) in [6.07, 6.45) is 20.3. The molecule has 4 heteroatoms. The Labute approximate surface area is 177 Å². The maximum atomic E-state index is 11.5. The Bertz CT molecular complexity index is 272. The number of carbonyl (C=O) groups excluding carboxylic acids is 1. The summed E-state index contributed by atoms with van der Waals surface area (Å²) in [6, 6.07) is 0. The highest BCUT2D eigenvalue weighted by molar-refractivity contribution is 14.1. The number of hydrogen-bond acceptors (Lipinski definition) is 2. The van der Waals surface area contributed by atoms with E-state index in [1.54, 1.807) is 0 Å². The van der Waals surface area contributed by atoms with Crippen LogP contribution < -0.4 is 0 Å². The molecule has 0 heterocycles. The van der Waals surface area contributed by atoms with Gasteiger partial charge in [0.25, 0.3) is 0 Å². The van der Waals surface area contributed by atoms with Gasteiger partial charge in [-0.2, -0.15) is 0 Å². The molecule has 0 amide bonds. The van der Waals surface area contributed by atoms with Crippen molar-refractivity contribution in [3.05, 3.63) is 0 Å². The highest BCUT2D eigenvalue weighted by Gasteiger charge is 2.14. The van der Waals surface area contributed by atoms with Crippen LogP contribution in [0.3, 0.4) is 0 Å². The number of alkyl halides is 2. The van der Waals surface area contributed by atoms with Crippen LogP contribution in [0.2, 0.25) is 0 Å². The summed E-state index contributed by atoms with van der Waals surface area (Å²) in [5.74, 6) is -0.0388. The van der Waals surface area contributed by atoms with Crippen molar-refractivity contribution >= 4 is 51.2 Å². The van der Waals surface area contributed by atoms with E-state index in [1.165, 1.54) is 87.9 Å². The van der Waals surface area contributed by atoms with Crippen LogP contribution in [-0.4, -0.2) is 20.9 Å². The molecule has 0 fully saturated rings. The second-order valence-corrected chi connectivity index (χ2v) is 9.23. The fourth-order valence-corrected chi connectivity index (χ4v) is 4.05. The summed E-state index contributed by atoms with van der Waals surface area (Å²) in [4.78, 5) is 11.5. The van der Waals surface area contributed by atoms with Gasteiger partial charge in [0, 0.05) is 0 Å². The third-order valence-corrected chi connectivity index (χ3v) is 6.28. The van der Waals surface area contributed by atoms with Gasteiger partial charge in [-0.1, -0.05) is 129 Å². The molecule has 0 saturated carbocycles. The van der Waals surface area contributed by atoms with Gasteiger partial charge in [-0.15, -0.1) is 0 Å². The van der Waals surface area contributed by atoms with Crippen LogP contribution in [0.4, 0.5) is 0 Å². The van der Waals surface area contributed by atoms with Crippen LogP contribution in [0.1, 0.15) is 103 Å². The third kappa shape index (κ3) is 17.7. The second-order valence-electron chi connectivity index (χ2n) is 6.65. The second kappa shape index (κ2) is 20.2. The SMILES string of the molecule is CCOC(=O)C(I)CCCCCCCCCCCCCCCCI. The van der Waals surface area contributed by atoms with E-state index < -0.39 is 0 Å². The molecule has 0 radical (unpaired) electrons. The van der Waals surface area contributed by atoms with Crippen LogP contribution in [0.15, 0.2) is 0 Å². The molecule has 0 N–H and O–H groups in total. The first-order valence-electron chi connectivity index (χ1n) is 10.1. The van der Waals surface area contributed by atoms with Gasteiger partial charge in [-0.25, -0.2) is 0 Å². The van der Waals surface area contributed by atoms with Crippen molar-refractivity contribution in [3.8, 4) is 0 Å². The predicted molar refractivity (Wildman–Crippen MR) is 123 cm³/mol. The van der Waals surface area contributed by atoms with E-state index in [-0.39, 0.29) is 9.89 Å². The van der Waals surface area contributed by atoms with Crippen molar-refractivity contribution in [3.63, 3.8) is 0 Å². The van der Waals surface area contributed by atoms with Crippen LogP contribution in [0.5, 0.6) is 0 Å². The Kier molecular flexibility index (Phi) is 21.0. The normalized spacial score (nSPS) is 12.3. The Morgan fingerprint density at radius 3 is 1.50 bits per heavy atom. The molecule has 0 rings (SSSR count). The zero-order valence-corrected chi connectivity index (χ0v) is 20.0. The first-order chi connectivity index (χ1) is 11.7. The minimum Gasteiger partial charge on any atom is -0.465 e. The lowest BCUT2D eigenvalue weighted by Gasteiger charge is -2.08. The molecule has 2 nitrogen and oxygen atoms in total. The fraction of sp³-hybridized carbons (Fsp3) is 0.950. The van der Waals surface area contributed by atoms with E-state index in [2.05, 4.69) is 45.2 Å². The van der Waals surface area contributed by atoms with E-state index in [1.807, 2.05) is 6.92 Å². The maximum absolute atomic E-state index is 11.5. The Hall–Kier alpha value is 0.930. The summed E-state index contributed by atoms with van der Waals surface area (Å²) < 4.78 is 6.40. The zero-order valence-electron chi connectivity index (χ0n) is 15.7. The van der Waals surface area contributed by atoms with Gasteiger partial charge in [0.1, 0.15) is 3.92 Å². The van der Waals surface area contributed by atoms with Gasteiger partial charge in [0.05, 0.1) is 6.61 Å². The quantitative estimate of drug-likeness (QED) is 0.0741. The van der Waals surface area contributed by atoms with E-state index in [0.717, 1.165) is 12.8 Å². The average molecular weight is 564 g/mol. The fourth-order valence-electron chi connectivity index (χ4n) is 2.89. The summed E-state index contributed by atoms with van der Waals surface area (Å²) >= 11 is 4.69. The van der Waals surface area contributed by atoms with Crippen LogP contribution in [0, 0.1) is 0 Å². The van der Waals surface area contributed by atoms with E-state index in [0.29, 0.717) is 6.61 Å². The molecule has 0 aromatic heterocycles. The molecule has 0 aliphatic rings. The minimum absolute atomic E-state index is 0.0388. The van der Waals surface area contributed by atoms with Crippen LogP contribution >= 0.6 is 45.2 Å². The third-order valence-electron chi connectivity index (χ3n) is 4.38. The maximum Gasteiger partial charge on any atom is 0.318 e. The van der Waals surface area contributed by atoms with Crippen molar-refractivity contribution in [2.45, 2.75) is 107 Å². The molecule has 0 saturated heterocycles. The topological polar surface area (TPSA) is 26.3 Å². The first kappa shape index (κ1) is 24.9. The van der Waals surface area contributed by atoms with E-state index in [9.17, 15) is 4.79 Å². The summed E-state index contributed by atoms with van der Waals surface area (Å²) in [6.45, 7) is 2.37. The van der Waals surface area contributed by atoms with E-state index >= 15 is 0 Å². The molecule has 0 aliphatic heterocycles. The molecule has 0 aliphatic carbocycles. The summed E-state index contributed by atoms with van der Waals surface area (Å²) in [7, 11) is 0. The lowest BCUT2D eigenvalue weighted by atomic mass is 10.0. The largest absolute Gasteiger partial charge is 0.465 e. The average Bonchev–Trinajstić information content (AvgIpc) is 2.58. The van der Waals surface area contributed by atoms with Crippen molar-refractivity contribution in [1.29, 1.82) is 0 Å².